The van der Waals surface area contributed by atoms with E-state index in [-0.39, 0.29) is 23.6 Å². The smallest absolute Gasteiger partial charge is 0.243 e. The van der Waals surface area contributed by atoms with Crippen molar-refractivity contribution in [3.05, 3.63) is 28.2 Å². The molecule has 1 aliphatic heterocycles. The third-order valence-electron chi connectivity index (χ3n) is 2.80. The number of hydrogen-bond donors (Lipinski definition) is 3. The number of carbonyl (C=O) groups is 2. The summed E-state index contributed by atoms with van der Waals surface area (Å²) in [5, 5.41) is 14.7. The van der Waals surface area contributed by atoms with Gasteiger partial charge in [0.15, 0.2) is 0 Å². The van der Waals surface area contributed by atoms with Crippen LogP contribution in [0.4, 0.5) is 0 Å². The Hall–Kier alpha value is -1.40. The molecule has 96 valence electrons. The van der Waals surface area contributed by atoms with Gasteiger partial charge in [-0.3, -0.25) is 14.9 Å². The topological polar surface area (TPSA) is 78.4 Å². The predicted octanol–water partition coefficient (Wildman–Crippen LogP) is 1.05. The number of piperidine rings is 1. The lowest BCUT2D eigenvalue weighted by Gasteiger charge is -2.21. The normalized spacial score (nSPS) is 19.7. The zero-order chi connectivity index (χ0) is 13.1. The molecular weight excluding hydrogens is 300 g/mol. The van der Waals surface area contributed by atoms with E-state index in [1.807, 2.05) is 0 Å². The predicted molar refractivity (Wildman–Crippen MR) is 68.8 cm³/mol. The van der Waals surface area contributed by atoms with Gasteiger partial charge in [-0.1, -0.05) is 6.07 Å². The van der Waals surface area contributed by atoms with Crippen molar-refractivity contribution in [3.8, 4) is 5.75 Å². The Kier molecular flexibility index (Phi) is 3.98. The standard InChI is InChI=1S/C12H13BrN2O3/c13-8-5-7(1-3-10(8)16)6-14-9-2-4-11(17)15-12(9)18/h1,3,5,9,14,16H,2,4,6H2,(H,15,17,18). The van der Waals surface area contributed by atoms with E-state index in [1.165, 1.54) is 0 Å². The highest BCUT2D eigenvalue weighted by Gasteiger charge is 2.25. The van der Waals surface area contributed by atoms with Crippen molar-refractivity contribution in [2.24, 2.45) is 0 Å². The van der Waals surface area contributed by atoms with Gasteiger partial charge in [0, 0.05) is 13.0 Å². The molecule has 1 aliphatic rings. The van der Waals surface area contributed by atoms with E-state index in [1.54, 1.807) is 18.2 Å². The Morgan fingerprint density at radius 2 is 2.22 bits per heavy atom. The lowest BCUT2D eigenvalue weighted by atomic mass is 10.1. The number of halogens is 1. The lowest BCUT2D eigenvalue weighted by Crippen LogP contribution is -2.50. The summed E-state index contributed by atoms with van der Waals surface area (Å²) in [4.78, 5) is 22.5. The maximum absolute atomic E-state index is 11.5. The van der Waals surface area contributed by atoms with E-state index in [9.17, 15) is 14.7 Å². The van der Waals surface area contributed by atoms with Gasteiger partial charge in [0.2, 0.25) is 11.8 Å². The molecule has 0 bridgehead atoms. The van der Waals surface area contributed by atoms with E-state index in [0.29, 0.717) is 23.9 Å². The minimum absolute atomic E-state index is 0.180. The minimum atomic E-state index is -0.338. The van der Waals surface area contributed by atoms with Crippen molar-refractivity contribution in [1.29, 1.82) is 0 Å². The molecule has 0 saturated carbocycles. The van der Waals surface area contributed by atoms with Crippen LogP contribution in [-0.2, 0) is 16.1 Å². The molecule has 2 amide bonds. The number of hydrogen-bond acceptors (Lipinski definition) is 4. The molecule has 18 heavy (non-hydrogen) atoms. The van der Waals surface area contributed by atoms with Crippen LogP contribution in [0.5, 0.6) is 5.75 Å². The Morgan fingerprint density at radius 3 is 2.89 bits per heavy atom. The van der Waals surface area contributed by atoms with Gasteiger partial charge in [0.25, 0.3) is 0 Å². The summed E-state index contributed by atoms with van der Waals surface area (Å²) < 4.78 is 0.616. The van der Waals surface area contributed by atoms with Crippen molar-refractivity contribution >= 4 is 27.7 Å². The van der Waals surface area contributed by atoms with Crippen molar-refractivity contribution < 1.29 is 14.7 Å². The van der Waals surface area contributed by atoms with Crippen LogP contribution in [0.25, 0.3) is 0 Å². The van der Waals surface area contributed by atoms with E-state index in [0.717, 1.165) is 5.56 Å². The van der Waals surface area contributed by atoms with Crippen LogP contribution in [0.1, 0.15) is 18.4 Å². The first-order chi connectivity index (χ1) is 8.56. The average Bonchev–Trinajstić information content (AvgIpc) is 2.32. The van der Waals surface area contributed by atoms with Gasteiger partial charge in [0.05, 0.1) is 10.5 Å². The number of phenolic OH excluding ortho intramolecular Hbond substituents is 1. The highest BCUT2D eigenvalue weighted by Crippen LogP contribution is 2.24. The van der Waals surface area contributed by atoms with Gasteiger partial charge in [0.1, 0.15) is 5.75 Å². The number of amides is 2. The average molecular weight is 313 g/mol. The summed E-state index contributed by atoms with van der Waals surface area (Å²) in [5.74, 6) is -0.311. The van der Waals surface area contributed by atoms with Crippen molar-refractivity contribution in [2.75, 3.05) is 0 Å². The van der Waals surface area contributed by atoms with Crippen LogP contribution in [0, 0.1) is 0 Å². The lowest BCUT2D eigenvalue weighted by molar-refractivity contribution is -0.134. The summed E-state index contributed by atoms with van der Waals surface area (Å²) >= 11 is 3.23. The highest BCUT2D eigenvalue weighted by atomic mass is 79.9. The molecule has 0 aromatic heterocycles. The van der Waals surface area contributed by atoms with Crippen LogP contribution in [0.15, 0.2) is 22.7 Å². The van der Waals surface area contributed by atoms with E-state index < -0.39 is 0 Å². The molecule has 1 fully saturated rings. The van der Waals surface area contributed by atoms with Crippen molar-refractivity contribution in [3.63, 3.8) is 0 Å². The van der Waals surface area contributed by atoms with Crippen LogP contribution in [0.2, 0.25) is 0 Å². The second-order valence-electron chi connectivity index (χ2n) is 4.17. The number of imide groups is 1. The molecule has 0 spiro atoms. The second-order valence-corrected chi connectivity index (χ2v) is 5.02. The number of benzene rings is 1. The molecule has 1 saturated heterocycles. The van der Waals surface area contributed by atoms with Crippen LogP contribution in [0.3, 0.4) is 0 Å². The maximum atomic E-state index is 11.5. The number of carbonyl (C=O) groups excluding carboxylic acids is 2. The number of phenols is 1. The minimum Gasteiger partial charge on any atom is -0.507 e. The molecule has 2 rings (SSSR count). The first-order valence-corrected chi connectivity index (χ1v) is 6.40. The molecule has 0 radical (unpaired) electrons. The molecule has 1 unspecified atom stereocenters. The van der Waals surface area contributed by atoms with Crippen molar-refractivity contribution in [1.82, 2.24) is 10.6 Å². The zero-order valence-electron chi connectivity index (χ0n) is 9.57. The Morgan fingerprint density at radius 1 is 1.44 bits per heavy atom. The van der Waals surface area contributed by atoms with E-state index >= 15 is 0 Å². The van der Waals surface area contributed by atoms with Crippen LogP contribution in [-0.4, -0.2) is 23.0 Å². The fourth-order valence-electron chi connectivity index (χ4n) is 1.79. The largest absolute Gasteiger partial charge is 0.507 e. The highest BCUT2D eigenvalue weighted by molar-refractivity contribution is 9.10. The quantitative estimate of drug-likeness (QED) is 0.729. The maximum Gasteiger partial charge on any atom is 0.243 e. The molecule has 1 aromatic rings. The number of nitrogens with one attached hydrogen (secondary N) is 2. The Balaban J connectivity index is 1.93. The molecule has 6 heteroatoms. The third kappa shape index (κ3) is 3.08. The van der Waals surface area contributed by atoms with Gasteiger partial charge in [-0.2, -0.15) is 0 Å². The monoisotopic (exact) mass is 312 g/mol. The van der Waals surface area contributed by atoms with E-state index in [2.05, 4.69) is 26.6 Å². The summed E-state index contributed by atoms with van der Waals surface area (Å²) in [6, 6.07) is 4.81. The third-order valence-corrected chi connectivity index (χ3v) is 3.44. The number of aromatic hydroxyl groups is 1. The van der Waals surface area contributed by atoms with Gasteiger partial charge in [-0.25, -0.2) is 0 Å². The fourth-order valence-corrected chi connectivity index (χ4v) is 2.22. The van der Waals surface area contributed by atoms with Crippen molar-refractivity contribution in [2.45, 2.75) is 25.4 Å². The summed E-state index contributed by atoms with van der Waals surface area (Å²) in [6.07, 6.45) is 0.882. The zero-order valence-corrected chi connectivity index (χ0v) is 11.2. The van der Waals surface area contributed by atoms with Gasteiger partial charge >= 0.3 is 0 Å². The second kappa shape index (κ2) is 5.49. The molecule has 1 atom stereocenters. The first-order valence-electron chi connectivity index (χ1n) is 5.61. The first kappa shape index (κ1) is 13.0. The Labute approximate surface area is 113 Å². The Bertz CT molecular complexity index is 490. The molecule has 3 N–H and O–H groups in total. The van der Waals surface area contributed by atoms with Crippen LogP contribution < -0.4 is 10.6 Å². The number of rotatable bonds is 3. The molecule has 1 aromatic carbocycles. The van der Waals surface area contributed by atoms with Gasteiger partial charge < -0.3 is 10.4 Å². The molecule has 0 aliphatic carbocycles. The van der Waals surface area contributed by atoms with Gasteiger partial charge in [-0.15, -0.1) is 0 Å². The van der Waals surface area contributed by atoms with Crippen LogP contribution >= 0.6 is 15.9 Å². The van der Waals surface area contributed by atoms with E-state index in [4.69, 9.17) is 0 Å². The molecule has 1 heterocycles. The molecule has 5 nitrogen and oxygen atoms in total. The fraction of sp³-hybridized carbons (Fsp3) is 0.333. The summed E-state index contributed by atoms with van der Waals surface area (Å²) in [6.45, 7) is 0.505. The van der Waals surface area contributed by atoms with Gasteiger partial charge in [-0.05, 0) is 40.0 Å². The summed E-state index contributed by atoms with van der Waals surface area (Å²) in [5.41, 5.74) is 0.948. The molecular formula is C12H13BrN2O3. The SMILES string of the molecule is O=C1CCC(NCc2ccc(O)c(Br)c2)C(=O)N1. The summed E-state index contributed by atoms with van der Waals surface area (Å²) in [7, 11) is 0.